The summed E-state index contributed by atoms with van der Waals surface area (Å²) in [5.74, 6) is 1.52. The van der Waals surface area contributed by atoms with Crippen molar-refractivity contribution in [2.75, 3.05) is 23.7 Å². The molecule has 0 bridgehead atoms. The van der Waals surface area contributed by atoms with Crippen molar-refractivity contribution in [2.45, 2.75) is 6.42 Å². The molecule has 3 heterocycles. The molecular formula is C10H13N5. The van der Waals surface area contributed by atoms with Crippen molar-refractivity contribution in [1.29, 1.82) is 0 Å². The van der Waals surface area contributed by atoms with Crippen LogP contribution in [-0.4, -0.2) is 27.9 Å². The van der Waals surface area contributed by atoms with E-state index in [2.05, 4.69) is 15.0 Å². The average Bonchev–Trinajstić information content (AvgIpc) is 2.40. The monoisotopic (exact) mass is 203 g/mol. The predicted molar refractivity (Wildman–Crippen MR) is 59.8 cm³/mol. The highest BCUT2D eigenvalue weighted by Gasteiger charge is 2.17. The maximum atomic E-state index is 5.79. The number of rotatable bonds is 1. The van der Waals surface area contributed by atoms with Crippen LogP contribution in [-0.2, 0) is 7.05 Å². The molecule has 0 aromatic carbocycles. The van der Waals surface area contributed by atoms with Gasteiger partial charge in [0.2, 0.25) is 0 Å². The summed E-state index contributed by atoms with van der Waals surface area (Å²) < 4.78 is 1.76. The SMILES string of the molecule is Cn1nc(N)c2nc(N3CCC3)ccc21. The first-order chi connectivity index (χ1) is 7.25. The molecule has 2 aromatic heterocycles. The minimum absolute atomic E-state index is 0.509. The molecule has 2 aromatic rings. The molecule has 0 aliphatic carbocycles. The van der Waals surface area contributed by atoms with Crippen LogP contribution in [0.1, 0.15) is 6.42 Å². The van der Waals surface area contributed by atoms with Gasteiger partial charge in [-0.1, -0.05) is 0 Å². The largest absolute Gasteiger partial charge is 0.380 e. The van der Waals surface area contributed by atoms with Crippen LogP contribution in [0.2, 0.25) is 0 Å². The van der Waals surface area contributed by atoms with Gasteiger partial charge in [-0.3, -0.25) is 4.68 Å². The number of hydrogen-bond donors (Lipinski definition) is 1. The zero-order valence-corrected chi connectivity index (χ0v) is 8.64. The molecule has 5 nitrogen and oxygen atoms in total. The topological polar surface area (TPSA) is 60.0 Å². The molecule has 0 unspecified atom stereocenters. The van der Waals surface area contributed by atoms with Crippen molar-refractivity contribution < 1.29 is 0 Å². The van der Waals surface area contributed by atoms with Gasteiger partial charge in [-0.05, 0) is 18.6 Å². The summed E-state index contributed by atoms with van der Waals surface area (Å²) >= 11 is 0. The van der Waals surface area contributed by atoms with E-state index in [-0.39, 0.29) is 0 Å². The number of nitrogens with zero attached hydrogens (tertiary/aromatic N) is 4. The third kappa shape index (κ3) is 1.16. The van der Waals surface area contributed by atoms with Gasteiger partial charge in [-0.25, -0.2) is 4.98 Å². The Morgan fingerprint density at radius 1 is 1.33 bits per heavy atom. The molecule has 0 spiro atoms. The molecule has 0 amide bonds. The van der Waals surface area contributed by atoms with Crippen molar-refractivity contribution in [3.63, 3.8) is 0 Å². The molecule has 15 heavy (non-hydrogen) atoms. The Hall–Kier alpha value is -1.78. The second-order valence-electron chi connectivity index (χ2n) is 3.89. The van der Waals surface area contributed by atoms with E-state index in [1.807, 2.05) is 19.2 Å². The van der Waals surface area contributed by atoms with E-state index in [0.29, 0.717) is 5.82 Å². The minimum atomic E-state index is 0.509. The second kappa shape index (κ2) is 2.85. The van der Waals surface area contributed by atoms with Gasteiger partial charge < -0.3 is 10.6 Å². The van der Waals surface area contributed by atoms with Crippen molar-refractivity contribution in [2.24, 2.45) is 7.05 Å². The lowest BCUT2D eigenvalue weighted by atomic mass is 10.2. The Bertz CT molecular complexity index is 512. The molecule has 1 fully saturated rings. The molecule has 78 valence electrons. The number of hydrogen-bond acceptors (Lipinski definition) is 4. The number of aromatic nitrogens is 3. The van der Waals surface area contributed by atoms with Crippen molar-refractivity contribution >= 4 is 22.7 Å². The first kappa shape index (κ1) is 8.52. The number of nitrogens with two attached hydrogens (primary N) is 1. The number of nitrogen functional groups attached to an aromatic ring is 1. The van der Waals surface area contributed by atoms with Crippen molar-refractivity contribution in [3.05, 3.63) is 12.1 Å². The van der Waals surface area contributed by atoms with E-state index in [1.165, 1.54) is 6.42 Å². The highest BCUT2D eigenvalue weighted by Crippen LogP contribution is 2.24. The summed E-state index contributed by atoms with van der Waals surface area (Å²) in [7, 11) is 1.88. The summed E-state index contributed by atoms with van der Waals surface area (Å²) in [5, 5.41) is 4.15. The lowest BCUT2D eigenvalue weighted by Gasteiger charge is -2.31. The first-order valence-electron chi connectivity index (χ1n) is 5.10. The Labute approximate surface area is 87.5 Å². The molecule has 1 aliphatic heterocycles. The Morgan fingerprint density at radius 3 is 2.80 bits per heavy atom. The first-order valence-corrected chi connectivity index (χ1v) is 5.10. The molecule has 5 heteroatoms. The van der Waals surface area contributed by atoms with Gasteiger partial charge in [0.05, 0.1) is 5.52 Å². The summed E-state index contributed by atoms with van der Waals surface area (Å²) in [5.41, 5.74) is 7.58. The maximum Gasteiger partial charge on any atom is 0.172 e. The van der Waals surface area contributed by atoms with Crippen LogP contribution in [0.4, 0.5) is 11.6 Å². The highest BCUT2D eigenvalue weighted by atomic mass is 15.3. The molecule has 0 saturated carbocycles. The van der Waals surface area contributed by atoms with Crippen LogP contribution < -0.4 is 10.6 Å². The number of anilines is 2. The van der Waals surface area contributed by atoms with E-state index >= 15 is 0 Å². The van der Waals surface area contributed by atoms with Crippen molar-refractivity contribution in [1.82, 2.24) is 14.8 Å². The van der Waals surface area contributed by atoms with Gasteiger partial charge in [0.25, 0.3) is 0 Å². The summed E-state index contributed by atoms with van der Waals surface area (Å²) in [6, 6.07) is 4.06. The molecule has 0 atom stereocenters. The van der Waals surface area contributed by atoms with E-state index in [0.717, 1.165) is 29.9 Å². The molecule has 0 radical (unpaired) electrons. The minimum Gasteiger partial charge on any atom is -0.380 e. The lowest BCUT2D eigenvalue weighted by molar-refractivity contribution is 0.611. The average molecular weight is 203 g/mol. The van der Waals surface area contributed by atoms with Crippen molar-refractivity contribution in [3.8, 4) is 0 Å². The Morgan fingerprint density at radius 2 is 2.13 bits per heavy atom. The van der Waals surface area contributed by atoms with Gasteiger partial charge in [0.1, 0.15) is 11.3 Å². The third-order valence-corrected chi connectivity index (χ3v) is 2.89. The smallest absolute Gasteiger partial charge is 0.172 e. The van der Waals surface area contributed by atoms with Crippen LogP contribution in [0.5, 0.6) is 0 Å². The summed E-state index contributed by atoms with van der Waals surface area (Å²) in [6.07, 6.45) is 1.25. The van der Waals surface area contributed by atoms with Gasteiger partial charge >= 0.3 is 0 Å². The number of fused-ring (bicyclic) bond motifs is 1. The van der Waals surface area contributed by atoms with Gasteiger partial charge in [-0.15, -0.1) is 0 Å². The van der Waals surface area contributed by atoms with E-state index in [9.17, 15) is 0 Å². The zero-order valence-electron chi connectivity index (χ0n) is 8.64. The standard InChI is InChI=1S/C10H13N5/c1-14-7-3-4-8(15-5-2-6-15)12-9(7)10(11)13-14/h3-4H,2,5-6H2,1H3,(H2,11,13). The molecule has 1 saturated heterocycles. The number of pyridine rings is 1. The Kier molecular flexibility index (Phi) is 1.62. The van der Waals surface area contributed by atoms with Crippen LogP contribution in [0.25, 0.3) is 11.0 Å². The highest BCUT2D eigenvalue weighted by molar-refractivity contribution is 5.86. The molecule has 1 aliphatic rings. The van der Waals surface area contributed by atoms with Crippen LogP contribution >= 0.6 is 0 Å². The third-order valence-electron chi connectivity index (χ3n) is 2.89. The number of aryl methyl sites for hydroxylation is 1. The van der Waals surface area contributed by atoms with E-state index in [4.69, 9.17) is 5.73 Å². The Balaban J connectivity index is 2.16. The molecule has 3 rings (SSSR count). The summed E-state index contributed by atoms with van der Waals surface area (Å²) in [4.78, 5) is 6.78. The van der Waals surface area contributed by atoms with Crippen LogP contribution in [0, 0.1) is 0 Å². The predicted octanol–water partition coefficient (Wildman–Crippen LogP) is 0.761. The van der Waals surface area contributed by atoms with Gasteiger partial charge in [0, 0.05) is 20.1 Å². The summed E-state index contributed by atoms with van der Waals surface area (Å²) in [6.45, 7) is 2.19. The van der Waals surface area contributed by atoms with Gasteiger partial charge in [0.15, 0.2) is 5.82 Å². The maximum absolute atomic E-state index is 5.79. The fourth-order valence-corrected chi connectivity index (χ4v) is 1.88. The van der Waals surface area contributed by atoms with E-state index in [1.54, 1.807) is 4.68 Å². The molecular weight excluding hydrogens is 190 g/mol. The van der Waals surface area contributed by atoms with Crippen LogP contribution in [0.3, 0.4) is 0 Å². The quantitative estimate of drug-likeness (QED) is 0.743. The van der Waals surface area contributed by atoms with E-state index < -0.39 is 0 Å². The van der Waals surface area contributed by atoms with Gasteiger partial charge in [-0.2, -0.15) is 5.10 Å². The zero-order chi connectivity index (χ0) is 10.4. The molecule has 2 N–H and O–H groups in total. The second-order valence-corrected chi connectivity index (χ2v) is 3.89. The lowest BCUT2D eigenvalue weighted by Crippen LogP contribution is -2.37. The fourth-order valence-electron chi connectivity index (χ4n) is 1.88. The van der Waals surface area contributed by atoms with Crippen LogP contribution in [0.15, 0.2) is 12.1 Å². The fraction of sp³-hybridized carbons (Fsp3) is 0.400. The normalized spacial score (nSPS) is 15.7.